The summed E-state index contributed by atoms with van der Waals surface area (Å²) in [5, 5.41) is 12.6. The second-order valence-corrected chi connectivity index (χ2v) is 5.14. The van der Waals surface area contributed by atoms with E-state index in [0.29, 0.717) is 12.0 Å². The van der Waals surface area contributed by atoms with Gasteiger partial charge in [-0.25, -0.2) is 0 Å². The molecular formula is C12H22N2O2. The van der Waals surface area contributed by atoms with Gasteiger partial charge >= 0.3 is 0 Å². The summed E-state index contributed by atoms with van der Waals surface area (Å²) in [5.74, 6) is 0.804. The summed E-state index contributed by atoms with van der Waals surface area (Å²) in [4.78, 5) is 13.6. The van der Waals surface area contributed by atoms with Crippen LogP contribution in [0, 0.1) is 5.92 Å². The van der Waals surface area contributed by atoms with Crippen LogP contribution in [0.15, 0.2) is 0 Å². The average Bonchev–Trinajstić information content (AvgIpc) is 2.23. The maximum atomic E-state index is 11.6. The first kappa shape index (κ1) is 11.9. The molecule has 0 bridgehead atoms. The molecule has 0 aromatic carbocycles. The maximum Gasteiger partial charge on any atom is 0.219 e. The number of carbonyl (C=O) groups excluding carboxylic acids is 1. The minimum Gasteiger partial charge on any atom is -0.393 e. The lowest BCUT2D eigenvalue weighted by Crippen LogP contribution is -2.51. The first-order valence-electron chi connectivity index (χ1n) is 6.33. The molecule has 1 aliphatic heterocycles. The van der Waals surface area contributed by atoms with Crippen LogP contribution in [0.5, 0.6) is 0 Å². The molecule has 2 rings (SSSR count). The number of carbonyl (C=O) groups is 1. The molecule has 0 aromatic heterocycles. The molecule has 0 spiro atoms. The second kappa shape index (κ2) is 5.15. The van der Waals surface area contributed by atoms with Crippen LogP contribution >= 0.6 is 0 Å². The summed E-state index contributed by atoms with van der Waals surface area (Å²) >= 11 is 0. The third kappa shape index (κ3) is 2.74. The molecule has 2 N–H and O–H groups in total. The SMILES string of the molecule is CC(=O)N(CC1CCNCC1)C1CC(O)C1. The Morgan fingerprint density at radius 1 is 1.38 bits per heavy atom. The minimum atomic E-state index is -0.181. The topological polar surface area (TPSA) is 52.6 Å². The highest BCUT2D eigenvalue weighted by Crippen LogP contribution is 2.27. The summed E-state index contributed by atoms with van der Waals surface area (Å²) in [6, 6.07) is 0.294. The van der Waals surface area contributed by atoms with Crippen LogP contribution in [0.25, 0.3) is 0 Å². The number of nitrogens with zero attached hydrogens (tertiary/aromatic N) is 1. The van der Waals surface area contributed by atoms with E-state index in [9.17, 15) is 9.90 Å². The maximum absolute atomic E-state index is 11.6. The van der Waals surface area contributed by atoms with Gasteiger partial charge in [0.1, 0.15) is 0 Å². The van der Waals surface area contributed by atoms with Crippen LogP contribution in [0.2, 0.25) is 0 Å². The van der Waals surface area contributed by atoms with E-state index >= 15 is 0 Å². The fourth-order valence-electron chi connectivity index (χ4n) is 2.69. The molecule has 0 radical (unpaired) electrons. The Balaban J connectivity index is 1.84. The summed E-state index contributed by atoms with van der Waals surface area (Å²) in [6.07, 6.45) is 3.69. The van der Waals surface area contributed by atoms with Crippen molar-refractivity contribution in [2.75, 3.05) is 19.6 Å². The van der Waals surface area contributed by atoms with E-state index in [1.54, 1.807) is 6.92 Å². The van der Waals surface area contributed by atoms with Crippen LogP contribution in [0.4, 0.5) is 0 Å². The molecular weight excluding hydrogens is 204 g/mol. The lowest BCUT2D eigenvalue weighted by molar-refractivity contribution is -0.136. The van der Waals surface area contributed by atoms with Gasteiger partial charge in [-0.1, -0.05) is 0 Å². The average molecular weight is 226 g/mol. The largest absolute Gasteiger partial charge is 0.393 e. The zero-order valence-electron chi connectivity index (χ0n) is 9.98. The molecule has 1 amide bonds. The number of aliphatic hydroxyl groups excluding tert-OH is 1. The van der Waals surface area contributed by atoms with Crippen molar-refractivity contribution >= 4 is 5.91 Å². The number of hydrogen-bond donors (Lipinski definition) is 2. The quantitative estimate of drug-likeness (QED) is 0.730. The zero-order chi connectivity index (χ0) is 11.5. The summed E-state index contributed by atoms with van der Waals surface area (Å²) in [5.41, 5.74) is 0. The Morgan fingerprint density at radius 3 is 2.50 bits per heavy atom. The number of aliphatic hydroxyl groups is 1. The van der Waals surface area contributed by atoms with Crippen molar-refractivity contribution in [3.05, 3.63) is 0 Å². The van der Waals surface area contributed by atoms with Gasteiger partial charge in [-0.3, -0.25) is 4.79 Å². The molecule has 2 aliphatic rings. The third-order valence-electron chi connectivity index (χ3n) is 3.85. The zero-order valence-corrected chi connectivity index (χ0v) is 9.98. The fourth-order valence-corrected chi connectivity index (χ4v) is 2.69. The molecule has 16 heavy (non-hydrogen) atoms. The van der Waals surface area contributed by atoms with Crippen LogP contribution in [0.3, 0.4) is 0 Å². The van der Waals surface area contributed by atoms with E-state index in [4.69, 9.17) is 0 Å². The minimum absolute atomic E-state index is 0.162. The van der Waals surface area contributed by atoms with E-state index in [2.05, 4.69) is 5.32 Å². The van der Waals surface area contributed by atoms with Crippen molar-refractivity contribution in [3.63, 3.8) is 0 Å². The Morgan fingerprint density at radius 2 is 2.00 bits per heavy atom. The van der Waals surface area contributed by atoms with Crippen molar-refractivity contribution in [3.8, 4) is 0 Å². The highest BCUT2D eigenvalue weighted by Gasteiger charge is 2.34. The van der Waals surface area contributed by atoms with Crippen molar-refractivity contribution in [1.29, 1.82) is 0 Å². The van der Waals surface area contributed by atoms with E-state index < -0.39 is 0 Å². The molecule has 0 unspecified atom stereocenters. The van der Waals surface area contributed by atoms with Crippen LogP contribution in [0.1, 0.15) is 32.6 Å². The molecule has 92 valence electrons. The third-order valence-corrected chi connectivity index (χ3v) is 3.85. The molecule has 4 heteroatoms. The predicted octanol–water partition coefficient (Wildman–Crippen LogP) is 0.358. The van der Waals surface area contributed by atoms with Gasteiger partial charge < -0.3 is 15.3 Å². The lowest BCUT2D eigenvalue weighted by Gasteiger charge is -2.42. The van der Waals surface area contributed by atoms with E-state index in [-0.39, 0.29) is 12.0 Å². The van der Waals surface area contributed by atoms with Crippen molar-refractivity contribution < 1.29 is 9.90 Å². The van der Waals surface area contributed by atoms with Gasteiger partial charge in [0.2, 0.25) is 5.91 Å². The Labute approximate surface area is 97.0 Å². The summed E-state index contributed by atoms with van der Waals surface area (Å²) in [6.45, 7) is 4.67. The molecule has 0 aromatic rings. The van der Waals surface area contributed by atoms with Gasteiger partial charge in [-0.2, -0.15) is 0 Å². The van der Waals surface area contributed by atoms with Crippen molar-refractivity contribution in [1.82, 2.24) is 10.2 Å². The predicted molar refractivity (Wildman–Crippen MR) is 62.0 cm³/mol. The van der Waals surface area contributed by atoms with Gasteiger partial charge in [0.05, 0.1) is 6.10 Å². The second-order valence-electron chi connectivity index (χ2n) is 5.14. The Bertz CT molecular complexity index is 245. The Kier molecular flexibility index (Phi) is 3.82. The molecule has 1 heterocycles. The van der Waals surface area contributed by atoms with Crippen molar-refractivity contribution in [2.24, 2.45) is 5.92 Å². The van der Waals surface area contributed by atoms with Crippen LogP contribution in [-0.2, 0) is 4.79 Å². The van der Waals surface area contributed by atoms with Crippen LogP contribution in [-0.4, -0.2) is 47.7 Å². The number of piperidine rings is 1. The summed E-state index contributed by atoms with van der Waals surface area (Å²) < 4.78 is 0. The summed E-state index contributed by atoms with van der Waals surface area (Å²) in [7, 11) is 0. The monoisotopic (exact) mass is 226 g/mol. The molecule has 0 atom stereocenters. The number of nitrogens with one attached hydrogen (secondary N) is 1. The van der Waals surface area contributed by atoms with Gasteiger partial charge in [0.15, 0.2) is 0 Å². The molecule has 1 saturated heterocycles. The van der Waals surface area contributed by atoms with Gasteiger partial charge in [-0.05, 0) is 44.7 Å². The number of hydrogen-bond acceptors (Lipinski definition) is 3. The smallest absolute Gasteiger partial charge is 0.219 e. The van der Waals surface area contributed by atoms with Crippen LogP contribution < -0.4 is 5.32 Å². The van der Waals surface area contributed by atoms with Gasteiger partial charge in [-0.15, -0.1) is 0 Å². The normalized spacial score (nSPS) is 30.9. The molecule has 1 aliphatic carbocycles. The first-order chi connectivity index (χ1) is 7.66. The number of amides is 1. The van der Waals surface area contributed by atoms with E-state index in [0.717, 1.165) is 32.5 Å². The van der Waals surface area contributed by atoms with Crippen molar-refractivity contribution in [2.45, 2.75) is 44.8 Å². The molecule has 4 nitrogen and oxygen atoms in total. The van der Waals surface area contributed by atoms with E-state index in [1.807, 2.05) is 4.90 Å². The van der Waals surface area contributed by atoms with Gasteiger partial charge in [0.25, 0.3) is 0 Å². The highest BCUT2D eigenvalue weighted by molar-refractivity contribution is 5.73. The standard InChI is InChI=1S/C12H22N2O2/c1-9(15)14(11-6-12(16)7-11)8-10-2-4-13-5-3-10/h10-13,16H,2-8H2,1H3. The van der Waals surface area contributed by atoms with Gasteiger partial charge in [0, 0.05) is 19.5 Å². The fraction of sp³-hybridized carbons (Fsp3) is 0.917. The first-order valence-corrected chi connectivity index (χ1v) is 6.33. The highest BCUT2D eigenvalue weighted by atomic mass is 16.3. The Hall–Kier alpha value is -0.610. The number of rotatable bonds is 3. The lowest BCUT2D eigenvalue weighted by atomic mass is 9.86. The van der Waals surface area contributed by atoms with E-state index in [1.165, 1.54) is 12.8 Å². The molecule has 1 saturated carbocycles. The molecule has 2 fully saturated rings.